The van der Waals surface area contributed by atoms with E-state index in [1.165, 1.54) is 12.1 Å². The van der Waals surface area contributed by atoms with Gasteiger partial charge in [-0.2, -0.15) is 0 Å². The van der Waals surface area contributed by atoms with Gasteiger partial charge in [-0.05, 0) is 63.8 Å². The summed E-state index contributed by atoms with van der Waals surface area (Å²) in [4.78, 5) is 40.9. The van der Waals surface area contributed by atoms with E-state index in [1.807, 2.05) is 20.8 Å². The summed E-state index contributed by atoms with van der Waals surface area (Å²) in [5.74, 6) is -1.09. The molecule has 0 radical (unpaired) electrons. The molecular weight excluding hydrogens is 423 g/mol. The Morgan fingerprint density at radius 3 is 2.18 bits per heavy atom. The van der Waals surface area contributed by atoms with Gasteiger partial charge in [0.1, 0.15) is 11.5 Å². The third-order valence-electron chi connectivity index (χ3n) is 5.81. The zero-order chi connectivity index (χ0) is 24.9. The molecule has 0 saturated heterocycles. The van der Waals surface area contributed by atoms with Gasteiger partial charge in [0.05, 0.1) is 12.6 Å². The summed E-state index contributed by atoms with van der Waals surface area (Å²) >= 11 is 0. The first-order valence-electron chi connectivity index (χ1n) is 11.5. The Bertz CT molecular complexity index is 1010. The van der Waals surface area contributed by atoms with E-state index >= 15 is 0 Å². The van der Waals surface area contributed by atoms with Gasteiger partial charge in [-0.3, -0.25) is 9.59 Å². The number of nitrogens with zero attached hydrogens (tertiary/aromatic N) is 2. The number of hydrogen-bond acceptors (Lipinski definition) is 4. The lowest BCUT2D eigenvalue weighted by atomic mass is 9.98. The molecule has 0 aliphatic carbocycles. The number of rotatable bonds is 10. The lowest BCUT2D eigenvalue weighted by Gasteiger charge is -2.29. The van der Waals surface area contributed by atoms with Crippen molar-refractivity contribution >= 4 is 17.7 Å². The van der Waals surface area contributed by atoms with E-state index in [1.54, 1.807) is 49.3 Å². The molecule has 7 heteroatoms. The summed E-state index contributed by atoms with van der Waals surface area (Å²) in [6, 6.07) is 5.15. The fourth-order valence-corrected chi connectivity index (χ4v) is 4.16. The summed E-state index contributed by atoms with van der Waals surface area (Å²) in [6.45, 7) is 13.7. The van der Waals surface area contributed by atoms with Crippen LogP contribution in [0.4, 0.5) is 4.39 Å². The average molecular weight is 459 g/mol. The number of aromatic nitrogens is 1. The molecule has 0 aliphatic heterocycles. The van der Waals surface area contributed by atoms with Crippen LogP contribution in [0.15, 0.2) is 24.3 Å². The van der Waals surface area contributed by atoms with E-state index in [9.17, 15) is 18.8 Å². The van der Waals surface area contributed by atoms with Crippen molar-refractivity contribution < 1.29 is 23.5 Å². The van der Waals surface area contributed by atoms with Crippen molar-refractivity contribution in [3.63, 3.8) is 0 Å². The predicted octanol–water partition coefficient (Wildman–Crippen LogP) is 5.09. The minimum absolute atomic E-state index is 0.121. The van der Waals surface area contributed by atoms with Gasteiger partial charge < -0.3 is 14.2 Å². The molecule has 2 rings (SSSR count). The molecule has 1 heterocycles. The van der Waals surface area contributed by atoms with Crippen LogP contribution in [0.3, 0.4) is 0 Å². The Labute approximate surface area is 195 Å². The first-order chi connectivity index (χ1) is 15.5. The number of carbonyl (C=O) groups excluding carboxylic acids is 3. The Kier molecular flexibility index (Phi) is 8.97. The minimum atomic E-state index is -0.763. The Hall–Kier alpha value is -2.96. The van der Waals surface area contributed by atoms with Crippen LogP contribution in [0, 0.1) is 25.6 Å². The van der Waals surface area contributed by atoms with Gasteiger partial charge in [-0.1, -0.05) is 26.0 Å². The highest BCUT2D eigenvalue weighted by atomic mass is 19.1. The molecule has 1 atom stereocenters. The predicted molar refractivity (Wildman–Crippen MR) is 126 cm³/mol. The van der Waals surface area contributed by atoms with Crippen molar-refractivity contribution in [3.05, 3.63) is 58.2 Å². The zero-order valence-electron chi connectivity index (χ0n) is 20.7. The second-order valence-corrected chi connectivity index (χ2v) is 8.69. The number of hydrogen-bond donors (Lipinski definition) is 0. The first-order valence-corrected chi connectivity index (χ1v) is 11.5. The zero-order valence-corrected chi connectivity index (χ0v) is 20.7. The molecular formula is C26H35FN2O4. The Balaban J connectivity index is 2.48. The van der Waals surface area contributed by atoms with E-state index in [4.69, 9.17) is 4.74 Å². The molecule has 0 aliphatic rings. The average Bonchev–Trinajstić information content (AvgIpc) is 3.01. The number of Topliss-reactive ketones (excluding diaryl/α,β-unsaturated/α-hetero) is 1. The summed E-state index contributed by atoms with van der Waals surface area (Å²) in [6.07, 6.45) is 0.292. The lowest BCUT2D eigenvalue weighted by molar-refractivity contribution is -0.133. The molecule has 0 spiro atoms. The molecule has 0 unspecified atom stereocenters. The smallest absolute Gasteiger partial charge is 0.355 e. The van der Waals surface area contributed by atoms with Gasteiger partial charge in [-0.15, -0.1) is 0 Å². The molecule has 1 aromatic carbocycles. The normalized spacial score (nSPS) is 12.0. The second kappa shape index (κ2) is 11.3. The molecule has 0 bridgehead atoms. The Morgan fingerprint density at radius 2 is 1.67 bits per heavy atom. The van der Waals surface area contributed by atoms with E-state index < -0.39 is 12.0 Å². The molecule has 2 aromatic rings. The van der Waals surface area contributed by atoms with Crippen LogP contribution in [0.1, 0.15) is 78.7 Å². The van der Waals surface area contributed by atoms with Gasteiger partial charge in [0.2, 0.25) is 5.91 Å². The number of carbonyl (C=O) groups is 3. The minimum Gasteiger partial charge on any atom is -0.461 e. The molecule has 1 aromatic heterocycles. The SMILES string of the molecule is CCOC(=O)c1c(C)c(C(=O)[C@@H](C)N(Cc2ccc(F)cc2)C(=O)CC(C)C)c(C)n1CC. The number of benzene rings is 1. The summed E-state index contributed by atoms with van der Waals surface area (Å²) in [5, 5.41) is 0. The maximum atomic E-state index is 13.7. The monoisotopic (exact) mass is 458 g/mol. The van der Waals surface area contributed by atoms with Crippen molar-refractivity contribution in [1.82, 2.24) is 9.47 Å². The van der Waals surface area contributed by atoms with Gasteiger partial charge >= 0.3 is 5.97 Å². The van der Waals surface area contributed by atoms with Crippen LogP contribution in [0.2, 0.25) is 0 Å². The highest BCUT2D eigenvalue weighted by Gasteiger charge is 2.33. The lowest BCUT2D eigenvalue weighted by Crippen LogP contribution is -2.43. The summed E-state index contributed by atoms with van der Waals surface area (Å²) < 4.78 is 20.4. The maximum absolute atomic E-state index is 13.7. The number of ketones is 1. The van der Waals surface area contributed by atoms with Crippen molar-refractivity contribution in [3.8, 4) is 0 Å². The van der Waals surface area contributed by atoms with Crippen LogP contribution in [0.5, 0.6) is 0 Å². The van der Waals surface area contributed by atoms with E-state index in [0.717, 1.165) is 5.56 Å². The van der Waals surface area contributed by atoms with Crippen LogP contribution in [-0.2, 0) is 22.6 Å². The molecule has 0 saturated carbocycles. The number of amides is 1. The molecule has 0 fully saturated rings. The van der Waals surface area contributed by atoms with Crippen molar-refractivity contribution in [2.75, 3.05) is 6.61 Å². The molecule has 33 heavy (non-hydrogen) atoms. The van der Waals surface area contributed by atoms with Crippen LogP contribution in [0.25, 0.3) is 0 Å². The quantitative estimate of drug-likeness (QED) is 0.367. The first kappa shape index (κ1) is 26.3. The van der Waals surface area contributed by atoms with Crippen molar-refractivity contribution in [1.29, 1.82) is 0 Å². The molecule has 6 nitrogen and oxygen atoms in total. The highest BCUT2D eigenvalue weighted by Crippen LogP contribution is 2.26. The van der Waals surface area contributed by atoms with Gasteiger partial charge in [0.15, 0.2) is 5.78 Å². The third-order valence-corrected chi connectivity index (χ3v) is 5.81. The van der Waals surface area contributed by atoms with Gasteiger partial charge in [-0.25, -0.2) is 9.18 Å². The largest absolute Gasteiger partial charge is 0.461 e. The summed E-state index contributed by atoms with van der Waals surface area (Å²) in [7, 11) is 0. The number of esters is 1. The van der Waals surface area contributed by atoms with Crippen molar-refractivity contribution in [2.45, 2.75) is 74.0 Å². The van der Waals surface area contributed by atoms with Crippen LogP contribution < -0.4 is 0 Å². The molecule has 0 N–H and O–H groups in total. The molecule has 1 amide bonds. The topological polar surface area (TPSA) is 68.6 Å². The van der Waals surface area contributed by atoms with E-state index in [-0.39, 0.29) is 36.6 Å². The number of halogens is 1. The maximum Gasteiger partial charge on any atom is 0.355 e. The fraction of sp³-hybridized carbons (Fsp3) is 0.500. The number of ether oxygens (including phenoxy) is 1. The van der Waals surface area contributed by atoms with Gasteiger partial charge in [0, 0.05) is 30.8 Å². The van der Waals surface area contributed by atoms with Crippen LogP contribution >= 0.6 is 0 Å². The van der Waals surface area contributed by atoms with Crippen molar-refractivity contribution in [2.24, 2.45) is 5.92 Å². The van der Waals surface area contributed by atoms with Crippen LogP contribution in [-0.4, -0.2) is 39.8 Å². The second-order valence-electron chi connectivity index (χ2n) is 8.69. The fourth-order valence-electron chi connectivity index (χ4n) is 4.16. The molecule has 180 valence electrons. The van der Waals surface area contributed by atoms with Gasteiger partial charge in [0.25, 0.3) is 0 Å². The summed E-state index contributed by atoms with van der Waals surface area (Å²) in [5.41, 5.74) is 2.77. The highest BCUT2D eigenvalue weighted by molar-refractivity contribution is 6.06. The van der Waals surface area contributed by atoms with E-state index in [0.29, 0.717) is 35.5 Å². The van der Waals surface area contributed by atoms with E-state index in [2.05, 4.69) is 0 Å². The standard InChI is InChI=1S/C26H35FN2O4/c1-8-28-18(6)23(17(5)24(28)26(32)33-9-2)25(31)19(7)29(22(30)14-16(3)4)15-20-10-12-21(27)13-11-20/h10-13,16,19H,8-9,14-15H2,1-7H3/t19-/m1/s1. The Morgan fingerprint density at radius 1 is 1.06 bits per heavy atom. The third kappa shape index (κ3) is 5.89.